The van der Waals surface area contributed by atoms with Crippen molar-refractivity contribution in [1.82, 2.24) is 5.06 Å². The molecule has 0 saturated carbocycles. The van der Waals surface area contributed by atoms with Gasteiger partial charge in [0.25, 0.3) is 11.8 Å². The lowest BCUT2D eigenvalue weighted by Gasteiger charge is -2.10. The van der Waals surface area contributed by atoms with Gasteiger partial charge in [0.2, 0.25) is 0 Å². The standard InChI is InChI=1S/C16H13NO5/c18-13(12-8-15(19)17(21)16(12)20)9-22-14-7-3-5-10-4-1-2-6-11(10)14/h1-7,12,21H,8-9H2. The fraction of sp³-hybridized carbons (Fsp3) is 0.188. The number of hydroxylamine groups is 2. The number of ether oxygens (including phenoxy) is 1. The molecule has 22 heavy (non-hydrogen) atoms. The van der Waals surface area contributed by atoms with Gasteiger partial charge in [0.15, 0.2) is 5.78 Å². The summed E-state index contributed by atoms with van der Waals surface area (Å²) in [5.41, 5.74) is 0. The molecular weight excluding hydrogens is 286 g/mol. The van der Waals surface area contributed by atoms with Gasteiger partial charge in [-0.3, -0.25) is 19.6 Å². The molecule has 2 aromatic carbocycles. The maximum Gasteiger partial charge on any atom is 0.264 e. The van der Waals surface area contributed by atoms with Crippen molar-refractivity contribution in [2.45, 2.75) is 6.42 Å². The summed E-state index contributed by atoms with van der Waals surface area (Å²) in [4.78, 5) is 34.8. The molecule has 3 rings (SSSR count). The Morgan fingerprint density at radius 1 is 1.18 bits per heavy atom. The van der Waals surface area contributed by atoms with Gasteiger partial charge in [-0.25, -0.2) is 0 Å². The minimum Gasteiger partial charge on any atom is -0.485 e. The van der Waals surface area contributed by atoms with E-state index in [2.05, 4.69) is 0 Å². The summed E-state index contributed by atoms with van der Waals surface area (Å²) in [6.45, 7) is -0.328. The quantitative estimate of drug-likeness (QED) is 0.526. The third kappa shape index (κ3) is 2.44. The average Bonchev–Trinajstić information content (AvgIpc) is 2.80. The highest BCUT2D eigenvalue weighted by molar-refractivity contribution is 6.13. The second-order valence-corrected chi connectivity index (χ2v) is 5.03. The van der Waals surface area contributed by atoms with E-state index >= 15 is 0 Å². The number of imide groups is 1. The third-order valence-corrected chi connectivity index (χ3v) is 3.63. The van der Waals surface area contributed by atoms with E-state index in [1.54, 1.807) is 6.07 Å². The summed E-state index contributed by atoms with van der Waals surface area (Å²) in [5, 5.41) is 11.0. The Hall–Kier alpha value is -2.73. The van der Waals surface area contributed by atoms with E-state index in [-0.39, 0.29) is 18.1 Å². The Balaban J connectivity index is 1.73. The predicted octanol–water partition coefficient (Wildman–Crippen LogP) is 1.55. The monoisotopic (exact) mass is 299 g/mol. The molecule has 6 heteroatoms. The lowest BCUT2D eigenvalue weighted by atomic mass is 10.0. The summed E-state index contributed by atoms with van der Waals surface area (Å²) in [5.74, 6) is -2.82. The average molecular weight is 299 g/mol. The van der Waals surface area contributed by atoms with Crippen molar-refractivity contribution in [2.75, 3.05) is 6.61 Å². The molecule has 1 aliphatic heterocycles. The highest BCUT2D eigenvalue weighted by Gasteiger charge is 2.42. The van der Waals surface area contributed by atoms with E-state index in [1.165, 1.54) is 0 Å². The van der Waals surface area contributed by atoms with Gasteiger partial charge in [-0.2, -0.15) is 5.06 Å². The number of rotatable bonds is 4. The van der Waals surface area contributed by atoms with E-state index in [1.807, 2.05) is 36.4 Å². The molecule has 112 valence electrons. The molecule has 1 saturated heterocycles. The molecule has 0 aliphatic carbocycles. The van der Waals surface area contributed by atoms with E-state index in [0.29, 0.717) is 5.75 Å². The Labute approximate surface area is 125 Å². The fourth-order valence-electron chi connectivity index (χ4n) is 2.44. The van der Waals surface area contributed by atoms with Gasteiger partial charge in [-0.15, -0.1) is 0 Å². The van der Waals surface area contributed by atoms with Gasteiger partial charge in [0, 0.05) is 11.8 Å². The van der Waals surface area contributed by atoms with Crippen LogP contribution in [0.4, 0.5) is 0 Å². The summed E-state index contributed by atoms with van der Waals surface area (Å²) in [6, 6.07) is 13.0. The molecule has 0 bridgehead atoms. The Morgan fingerprint density at radius 2 is 1.91 bits per heavy atom. The molecule has 0 aromatic heterocycles. The first-order valence-corrected chi connectivity index (χ1v) is 6.77. The summed E-state index contributed by atoms with van der Waals surface area (Å²) in [7, 11) is 0. The summed E-state index contributed by atoms with van der Waals surface area (Å²) in [6.07, 6.45) is -0.312. The van der Waals surface area contributed by atoms with Gasteiger partial charge < -0.3 is 4.74 Å². The van der Waals surface area contributed by atoms with Gasteiger partial charge in [-0.1, -0.05) is 36.4 Å². The minimum atomic E-state index is -1.16. The molecule has 1 aliphatic rings. The maximum absolute atomic E-state index is 12.0. The molecule has 1 unspecified atom stereocenters. The van der Waals surface area contributed by atoms with Crippen LogP contribution in [-0.2, 0) is 14.4 Å². The van der Waals surface area contributed by atoms with Crippen molar-refractivity contribution in [3.8, 4) is 5.75 Å². The first-order chi connectivity index (χ1) is 10.6. The molecular formula is C16H13NO5. The topological polar surface area (TPSA) is 83.9 Å². The van der Waals surface area contributed by atoms with Crippen molar-refractivity contribution < 1.29 is 24.3 Å². The van der Waals surface area contributed by atoms with Crippen molar-refractivity contribution in [2.24, 2.45) is 5.92 Å². The number of nitrogens with zero attached hydrogens (tertiary/aromatic N) is 1. The van der Waals surface area contributed by atoms with Crippen LogP contribution in [0.15, 0.2) is 42.5 Å². The number of hydrogen-bond acceptors (Lipinski definition) is 5. The smallest absolute Gasteiger partial charge is 0.264 e. The zero-order valence-electron chi connectivity index (χ0n) is 11.6. The van der Waals surface area contributed by atoms with Crippen LogP contribution in [0, 0.1) is 5.92 Å². The van der Waals surface area contributed by atoms with Crippen LogP contribution in [0.3, 0.4) is 0 Å². The molecule has 6 nitrogen and oxygen atoms in total. The van der Waals surface area contributed by atoms with Gasteiger partial charge in [-0.05, 0) is 11.5 Å². The number of benzene rings is 2. The maximum atomic E-state index is 12.0. The number of carbonyl (C=O) groups is 3. The second-order valence-electron chi connectivity index (χ2n) is 5.03. The normalized spacial score (nSPS) is 18.0. The molecule has 1 N–H and O–H groups in total. The van der Waals surface area contributed by atoms with E-state index in [0.717, 1.165) is 10.8 Å². The Bertz CT molecular complexity index is 765. The van der Waals surface area contributed by atoms with Gasteiger partial charge in [0.1, 0.15) is 18.3 Å². The van der Waals surface area contributed by atoms with Crippen molar-refractivity contribution in [1.29, 1.82) is 0 Å². The SMILES string of the molecule is O=C(COc1cccc2ccccc12)C1CC(=O)N(O)C1=O. The van der Waals surface area contributed by atoms with Crippen LogP contribution in [-0.4, -0.2) is 34.5 Å². The zero-order chi connectivity index (χ0) is 15.7. The van der Waals surface area contributed by atoms with Crippen molar-refractivity contribution in [3.63, 3.8) is 0 Å². The van der Waals surface area contributed by atoms with Crippen LogP contribution >= 0.6 is 0 Å². The third-order valence-electron chi connectivity index (χ3n) is 3.63. The largest absolute Gasteiger partial charge is 0.485 e. The summed E-state index contributed by atoms with van der Waals surface area (Å²) >= 11 is 0. The van der Waals surface area contributed by atoms with Crippen LogP contribution in [0.25, 0.3) is 10.8 Å². The van der Waals surface area contributed by atoms with Crippen LogP contribution < -0.4 is 4.74 Å². The molecule has 1 fully saturated rings. The first kappa shape index (κ1) is 14.2. The Kier molecular flexibility index (Phi) is 3.60. The number of Topliss-reactive ketones (excluding diaryl/α,β-unsaturated/α-hetero) is 1. The number of amides is 2. The molecule has 0 radical (unpaired) electrons. The Morgan fingerprint density at radius 3 is 2.64 bits per heavy atom. The molecule has 1 atom stereocenters. The molecule has 1 heterocycles. The van der Waals surface area contributed by atoms with Crippen LogP contribution in [0.1, 0.15) is 6.42 Å². The molecule has 2 amide bonds. The minimum absolute atomic E-state index is 0.000478. The summed E-state index contributed by atoms with van der Waals surface area (Å²) < 4.78 is 5.50. The van der Waals surface area contributed by atoms with Crippen molar-refractivity contribution in [3.05, 3.63) is 42.5 Å². The second kappa shape index (κ2) is 5.57. The lowest BCUT2D eigenvalue weighted by molar-refractivity contribution is -0.172. The number of ketones is 1. The predicted molar refractivity (Wildman–Crippen MR) is 76.2 cm³/mol. The molecule has 0 spiro atoms. The highest BCUT2D eigenvalue weighted by atomic mass is 16.5. The lowest BCUT2D eigenvalue weighted by Crippen LogP contribution is -2.31. The number of hydrogen-bond donors (Lipinski definition) is 1. The van der Waals surface area contributed by atoms with Crippen LogP contribution in [0.2, 0.25) is 0 Å². The highest BCUT2D eigenvalue weighted by Crippen LogP contribution is 2.26. The fourth-order valence-corrected chi connectivity index (χ4v) is 2.44. The van der Waals surface area contributed by atoms with Crippen LogP contribution in [0.5, 0.6) is 5.75 Å². The number of fused-ring (bicyclic) bond motifs is 1. The zero-order valence-corrected chi connectivity index (χ0v) is 11.6. The van der Waals surface area contributed by atoms with E-state index < -0.39 is 23.5 Å². The van der Waals surface area contributed by atoms with E-state index in [4.69, 9.17) is 9.94 Å². The molecule has 2 aromatic rings. The van der Waals surface area contributed by atoms with E-state index in [9.17, 15) is 14.4 Å². The van der Waals surface area contributed by atoms with Gasteiger partial charge >= 0.3 is 0 Å². The number of carbonyl (C=O) groups excluding carboxylic acids is 3. The van der Waals surface area contributed by atoms with Crippen molar-refractivity contribution >= 4 is 28.4 Å². The first-order valence-electron chi connectivity index (χ1n) is 6.77. The van der Waals surface area contributed by atoms with Gasteiger partial charge in [0.05, 0.1) is 0 Å².